The maximum atomic E-state index is 11.7. The molecule has 1 fully saturated rings. The van der Waals surface area contributed by atoms with Gasteiger partial charge in [-0.1, -0.05) is 26.8 Å². The molecule has 0 aromatic carbocycles. The molecule has 2 bridgehead atoms. The Morgan fingerprint density at radius 2 is 2.08 bits per heavy atom. The van der Waals surface area contributed by atoms with Gasteiger partial charge >= 0.3 is 0 Å². The Labute approximate surface area is 73.8 Å². The molecule has 0 aliphatic heterocycles. The zero-order valence-electron chi connectivity index (χ0n) is 8.05. The predicted molar refractivity (Wildman–Crippen MR) is 48.8 cm³/mol. The van der Waals surface area contributed by atoms with Crippen molar-refractivity contribution in [1.29, 1.82) is 0 Å². The van der Waals surface area contributed by atoms with Crippen LogP contribution >= 0.6 is 0 Å². The van der Waals surface area contributed by atoms with E-state index in [0.29, 0.717) is 11.7 Å². The third-order valence-corrected chi connectivity index (χ3v) is 4.33. The Balaban J connectivity index is 2.54. The minimum atomic E-state index is -0.0770. The lowest BCUT2D eigenvalue weighted by molar-refractivity contribution is -0.129. The van der Waals surface area contributed by atoms with Crippen LogP contribution in [0.25, 0.3) is 0 Å². The van der Waals surface area contributed by atoms with Crippen molar-refractivity contribution in [3.8, 4) is 0 Å². The third kappa shape index (κ3) is 0.675. The third-order valence-electron chi connectivity index (χ3n) is 4.33. The minimum Gasteiger partial charge on any atom is -0.294 e. The first-order chi connectivity index (χ1) is 5.48. The Hall–Kier alpha value is -0.590. The molecule has 0 aromatic rings. The Bertz CT molecular complexity index is 262. The Morgan fingerprint density at radius 1 is 1.42 bits per heavy atom. The van der Waals surface area contributed by atoms with Crippen LogP contribution in [0.15, 0.2) is 12.2 Å². The molecule has 0 amide bonds. The van der Waals surface area contributed by atoms with E-state index in [9.17, 15) is 4.79 Å². The molecule has 0 unspecified atom stereocenters. The summed E-state index contributed by atoms with van der Waals surface area (Å²) in [6.07, 6.45) is 6.16. The van der Waals surface area contributed by atoms with Crippen LogP contribution in [0.2, 0.25) is 0 Å². The van der Waals surface area contributed by atoms with E-state index in [-0.39, 0.29) is 10.8 Å². The molecule has 12 heavy (non-hydrogen) atoms. The molecule has 2 atom stereocenters. The van der Waals surface area contributed by atoms with Gasteiger partial charge in [-0.3, -0.25) is 4.79 Å². The van der Waals surface area contributed by atoms with Crippen molar-refractivity contribution in [2.24, 2.45) is 16.7 Å². The monoisotopic (exact) mass is 164 g/mol. The van der Waals surface area contributed by atoms with Gasteiger partial charge in [-0.2, -0.15) is 0 Å². The van der Waals surface area contributed by atoms with E-state index in [0.717, 1.165) is 6.42 Å². The lowest BCUT2D eigenvalue weighted by atomic mass is 9.61. The Kier molecular flexibility index (Phi) is 1.35. The van der Waals surface area contributed by atoms with E-state index >= 15 is 0 Å². The Morgan fingerprint density at radius 3 is 2.67 bits per heavy atom. The highest BCUT2D eigenvalue weighted by Crippen LogP contribution is 2.58. The molecule has 2 rings (SSSR count). The molecule has 1 heteroatoms. The van der Waals surface area contributed by atoms with Crippen LogP contribution in [0, 0.1) is 16.7 Å². The van der Waals surface area contributed by atoms with Crippen LogP contribution in [-0.4, -0.2) is 5.78 Å². The lowest BCUT2D eigenvalue weighted by Crippen LogP contribution is -2.41. The van der Waals surface area contributed by atoms with Gasteiger partial charge in [0.1, 0.15) is 0 Å². The number of allylic oxidation sites excluding steroid dienone is 2. The van der Waals surface area contributed by atoms with Crippen LogP contribution in [0.4, 0.5) is 0 Å². The maximum Gasteiger partial charge on any atom is 0.161 e. The molecule has 0 N–H and O–H groups in total. The molecular formula is C11H16O. The summed E-state index contributed by atoms with van der Waals surface area (Å²) in [6, 6.07) is 0. The molecule has 0 aromatic heterocycles. The van der Waals surface area contributed by atoms with E-state index in [4.69, 9.17) is 0 Å². The molecule has 0 heterocycles. The van der Waals surface area contributed by atoms with Gasteiger partial charge in [0.25, 0.3) is 0 Å². The van der Waals surface area contributed by atoms with Gasteiger partial charge in [0, 0.05) is 5.41 Å². The number of fused-ring (bicyclic) bond motifs is 2. The number of carbonyl (C=O) groups excluding carboxylic acids is 1. The van der Waals surface area contributed by atoms with Gasteiger partial charge < -0.3 is 0 Å². The zero-order valence-corrected chi connectivity index (χ0v) is 8.05. The highest BCUT2D eigenvalue weighted by atomic mass is 16.1. The van der Waals surface area contributed by atoms with E-state index in [1.54, 1.807) is 6.08 Å². The van der Waals surface area contributed by atoms with E-state index < -0.39 is 0 Å². The van der Waals surface area contributed by atoms with Gasteiger partial charge in [-0.25, -0.2) is 0 Å². The standard InChI is InChI=1S/C11H16O/c1-10(2)8-4-5-9(12)11(10,3)7-6-8/h4-5,8H,6-7H2,1-3H3/t8-,11+/m0/s1. The van der Waals surface area contributed by atoms with E-state index in [1.807, 2.05) is 0 Å². The van der Waals surface area contributed by atoms with Crippen molar-refractivity contribution in [2.75, 3.05) is 0 Å². The molecule has 1 saturated carbocycles. The molecule has 66 valence electrons. The fourth-order valence-electron chi connectivity index (χ4n) is 2.70. The van der Waals surface area contributed by atoms with E-state index in [2.05, 4.69) is 26.8 Å². The average Bonchev–Trinajstić information content (AvgIpc) is 2.17. The first-order valence-corrected chi connectivity index (χ1v) is 4.71. The summed E-state index contributed by atoms with van der Waals surface area (Å²) in [4.78, 5) is 11.7. The molecule has 0 spiro atoms. The predicted octanol–water partition coefficient (Wildman–Crippen LogP) is 2.57. The first kappa shape index (κ1) is 8.03. The second-order valence-corrected chi connectivity index (χ2v) is 4.92. The van der Waals surface area contributed by atoms with Gasteiger partial charge in [0.05, 0.1) is 0 Å². The largest absolute Gasteiger partial charge is 0.294 e. The van der Waals surface area contributed by atoms with Crippen molar-refractivity contribution in [3.05, 3.63) is 12.2 Å². The summed E-state index contributed by atoms with van der Waals surface area (Å²) in [6.45, 7) is 6.58. The van der Waals surface area contributed by atoms with Gasteiger partial charge in [-0.05, 0) is 30.3 Å². The molecule has 1 nitrogen and oxygen atoms in total. The highest BCUT2D eigenvalue weighted by Gasteiger charge is 2.55. The SMILES string of the molecule is CC1(C)[C@H]2C=CC(=O)[C@@]1(C)CC2. The quantitative estimate of drug-likeness (QED) is 0.537. The number of hydrogen-bond donors (Lipinski definition) is 0. The molecule has 0 radical (unpaired) electrons. The highest BCUT2D eigenvalue weighted by molar-refractivity contribution is 5.96. The van der Waals surface area contributed by atoms with E-state index in [1.165, 1.54) is 6.42 Å². The summed E-state index contributed by atoms with van der Waals surface area (Å²) in [5.41, 5.74) is 0.102. The maximum absolute atomic E-state index is 11.7. The van der Waals surface area contributed by atoms with Gasteiger partial charge in [0.2, 0.25) is 0 Å². The van der Waals surface area contributed by atoms with Crippen LogP contribution in [-0.2, 0) is 4.79 Å². The molecule has 0 saturated heterocycles. The van der Waals surface area contributed by atoms with Crippen LogP contribution in [0.3, 0.4) is 0 Å². The van der Waals surface area contributed by atoms with Crippen molar-refractivity contribution < 1.29 is 4.79 Å². The van der Waals surface area contributed by atoms with Crippen LogP contribution in [0.1, 0.15) is 33.6 Å². The van der Waals surface area contributed by atoms with Crippen LogP contribution < -0.4 is 0 Å². The van der Waals surface area contributed by atoms with Gasteiger partial charge in [0.15, 0.2) is 5.78 Å². The fourth-order valence-corrected chi connectivity index (χ4v) is 2.70. The fraction of sp³-hybridized carbons (Fsp3) is 0.727. The summed E-state index contributed by atoms with van der Waals surface area (Å²) in [5.74, 6) is 0.960. The molecule has 2 aliphatic carbocycles. The normalized spacial score (nSPS) is 43.6. The number of carbonyl (C=O) groups is 1. The zero-order chi connectivity index (χ0) is 8.98. The van der Waals surface area contributed by atoms with Crippen molar-refractivity contribution in [3.63, 3.8) is 0 Å². The summed E-state index contributed by atoms with van der Waals surface area (Å²) < 4.78 is 0. The summed E-state index contributed by atoms with van der Waals surface area (Å²) in [5, 5.41) is 0. The average molecular weight is 164 g/mol. The number of hydrogen-bond acceptors (Lipinski definition) is 1. The number of rotatable bonds is 0. The van der Waals surface area contributed by atoms with Crippen molar-refractivity contribution in [2.45, 2.75) is 33.6 Å². The topological polar surface area (TPSA) is 17.1 Å². The smallest absolute Gasteiger partial charge is 0.161 e. The van der Waals surface area contributed by atoms with Crippen molar-refractivity contribution >= 4 is 5.78 Å². The molecular weight excluding hydrogens is 148 g/mol. The summed E-state index contributed by atoms with van der Waals surface area (Å²) >= 11 is 0. The number of ketones is 1. The minimum absolute atomic E-state index is 0.0770. The second kappa shape index (κ2) is 2.01. The first-order valence-electron chi connectivity index (χ1n) is 4.71. The van der Waals surface area contributed by atoms with Crippen molar-refractivity contribution in [1.82, 2.24) is 0 Å². The van der Waals surface area contributed by atoms with Crippen LogP contribution in [0.5, 0.6) is 0 Å². The summed E-state index contributed by atoms with van der Waals surface area (Å²) in [7, 11) is 0. The van der Waals surface area contributed by atoms with Gasteiger partial charge in [-0.15, -0.1) is 0 Å². The molecule has 2 aliphatic rings. The second-order valence-electron chi connectivity index (χ2n) is 4.92. The lowest BCUT2D eigenvalue weighted by Gasteiger charge is -2.41.